The van der Waals surface area contributed by atoms with Gasteiger partial charge in [-0.3, -0.25) is 0 Å². The summed E-state index contributed by atoms with van der Waals surface area (Å²) >= 11 is 2.92. The van der Waals surface area contributed by atoms with Crippen molar-refractivity contribution in [2.75, 3.05) is 5.73 Å². The third kappa shape index (κ3) is 3.02. The average molecular weight is 281 g/mol. The summed E-state index contributed by atoms with van der Waals surface area (Å²) < 4.78 is 39.6. The summed E-state index contributed by atoms with van der Waals surface area (Å²) in [6.07, 6.45) is -4.83. The molecule has 0 saturated carbocycles. The molecule has 1 aromatic rings. The Hall–Kier alpha value is -1.42. The molecule has 7 heteroatoms. The highest BCUT2D eigenvalue weighted by Gasteiger charge is 2.32. The number of anilines is 1. The molecule has 15 heavy (non-hydrogen) atoms. The lowest BCUT2D eigenvalue weighted by Crippen LogP contribution is -2.18. The molecule has 1 aromatic carbocycles. The number of ether oxygens (including phenoxy) is 1. The monoisotopic (exact) mass is 280 g/mol. The number of hydrogen-bond acceptors (Lipinski definition) is 3. The van der Waals surface area contributed by atoms with Crippen LogP contribution in [0, 0.1) is 11.3 Å². The summed E-state index contributed by atoms with van der Waals surface area (Å²) in [7, 11) is 0. The molecule has 0 radical (unpaired) electrons. The summed E-state index contributed by atoms with van der Waals surface area (Å²) in [6, 6.07) is 3.92. The summed E-state index contributed by atoms with van der Waals surface area (Å²) in [5.41, 5.74) is 5.15. The predicted octanol–water partition coefficient (Wildman–Crippen LogP) is 2.80. The van der Waals surface area contributed by atoms with Gasteiger partial charge in [0.25, 0.3) is 0 Å². The topological polar surface area (TPSA) is 59.0 Å². The van der Waals surface area contributed by atoms with Crippen LogP contribution >= 0.6 is 15.9 Å². The molecular weight excluding hydrogens is 277 g/mol. The number of nitrogens with zero attached hydrogens (tertiary/aromatic N) is 1. The van der Waals surface area contributed by atoms with Crippen LogP contribution in [0.15, 0.2) is 16.6 Å². The molecule has 2 N–H and O–H groups in total. The molecule has 0 aliphatic rings. The molecule has 1 rings (SSSR count). The van der Waals surface area contributed by atoms with Gasteiger partial charge in [0.1, 0.15) is 0 Å². The second-order valence-corrected chi connectivity index (χ2v) is 3.38. The van der Waals surface area contributed by atoms with Gasteiger partial charge in [0, 0.05) is 10.5 Å². The van der Waals surface area contributed by atoms with Crippen molar-refractivity contribution in [3.63, 3.8) is 0 Å². The molecule has 0 heterocycles. The van der Waals surface area contributed by atoms with E-state index < -0.39 is 12.1 Å². The molecule has 80 valence electrons. The first-order valence-electron chi connectivity index (χ1n) is 3.58. The van der Waals surface area contributed by atoms with Gasteiger partial charge in [-0.05, 0) is 22.0 Å². The lowest BCUT2D eigenvalue weighted by molar-refractivity contribution is -0.274. The summed E-state index contributed by atoms with van der Waals surface area (Å²) in [5.74, 6) is -0.589. The fourth-order valence-corrected chi connectivity index (χ4v) is 1.31. The standard InChI is InChI=1S/C8H4BrF3N2O/c9-5-1-4(3-13)2-6(7(5)14)15-8(10,11)12/h1-2H,14H2. The Morgan fingerprint density at radius 3 is 2.47 bits per heavy atom. The quantitative estimate of drug-likeness (QED) is 0.805. The lowest BCUT2D eigenvalue weighted by Gasteiger charge is -2.12. The maximum absolute atomic E-state index is 11.9. The first-order valence-corrected chi connectivity index (χ1v) is 4.37. The van der Waals surface area contributed by atoms with Gasteiger partial charge in [-0.1, -0.05) is 0 Å². The van der Waals surface area contributed by atoms with Crippen molar-refractivity contribution in [3.8, 4) is 11.8 Å². The second-order valence-electron chi connectivity index (χ2n) is 2.53. The number of hydrogen-bond donors (Lipinski definition) is 1. The highest BCUT2D eigenvalue weighted by Crippen LogP contribution is 2.34. The Labute approximate surface area is 91.4 Å². The maximum Gasteiger partial charge on any atom is 0.573 e. The van der Waals surface area contributed by atoms with Gasteiger partial charge in [-0.25, -0.2) is 0 Å². The largest absolute Gasteiger partial charge is 0.573 e. The normalized spacial score (nSPS) is 10.9. The number of alkyl halides is 3. The number of benzene rings is 1. The smallest absolute Gasteiger partial charge is 0.403 e. The Morgan fingerprint density at radius 2 is 2.00 bits per heavy atom. The lowest BCUT2D eigenvalue weighted by atomic mass is 10.2. The van der Waals surface area contributed by atoms with E-state index in [1.165, 1.54) is 6.07 Å². The third-order valence-electron chi connectivity index (χ3n) is 1.45. The number of rotatable bonds is 1. The molecule has 0 unspecified atom stereocenters. The third-order valence-corrected chi connectivity index (χ3v) is 2.10. The highest BCUT2D eigenvalue weighted by molar-refractivity contribution is 9.10. The van der Waals surface area contributed by atoms with Crippen LogP contribution in [-0.4, -0.2) is 6.36 Å². The van der Waals surface area contributed by atoms with Crippen molar-refractivity contribution in [1.82, 2.24) is 0 Å². The number of nitrogens with two attached hydrogens (primary N) is 1. The number of halogens is 4. The minimum atomic E-state index is -4.83. The Kier molecular flexibility index (Phi) is 3.09. The van der Waals surface area contributed by atoms with E-state index in [4.69, 9.17) is 11.0 Å². The number of nitriles is 1. The molecule has 0 atom stereocenters. The van der Waals surface area contributed by atoms with Crippen molar-refractivity contribution in [2.45, 2.75) is 6.36 Å². The van der Waals surface area contributed by atoms with Gasteiger partial charge >= 0.3 is 6.36 Å². The first-order chi connectivity index (χ1) is 6.83. The zero-order valence-corrected chi connectivity index (χ0v) is 8.69. The van der Waals surface area contributed by atoms with Crippen LogP contribution in [0.2, 0.25) is 0 Å². The van der Waals surface area contributed by atoms with Gasteiger partial charge in [0.05, 0.1) is 17.3 Å². The van der Waals surface area contributed by atoms with Gasteiger partial charge in [0.2, 0.25) is 0 Å². The zero-order chi connectivity index (χ0) is 11.6. The molecule has 0 aromatic heterocycles. The van der Waals surface area contributed by atoms with E-state index in [0.29, 0.717) is 0 Å². The van der Waals surface area contributed by atoms with Crippen LogP contribution in [0.25, 0.3) is 0 Å². The molecule has 0 saturated heterocycles. The minimum Gasteiger partial charge on any atom is -0.403 e. The van der Waals surface area contributed by atoms with E-state index in [1.54, 1.807) is 6.07 Å². The Morgan fingerprint density at radius 1 is 1.40 bits per heavy atom. The van der Waals surface area contributed by atoms with Crippen LogP contribution in [-0.2, 0) is 0 Å². The van der Waals surface area contributed by atoms with Crippen LogP contribution in [0.1, 0.15) is 5.56 Å². The first kappa shape index (κ1) is 11.7. The molecule has 0 bridgehead atoms. The maximum atomic E-state index is 11.9. The molecular formula is C8H4BrF3N2O. The van der Waals surface area contributed by atoms with Crippen molar-refractivity contribution in [3.05, 3.63) is 22.2 Å². The summed E-state index contributed by atoms with van der Waals surface area (Å²) in [6.45, 7) is 0. The van der Waals surface area contributed by atoms with E-state index in [0.717, 1.165) is 6.07 Å². The minimum absolute atomic E-state index is 0.0234. The summed E-state index contributed by atoms with van der Waals surface area (Å²) in [4.78, 5) is 0. The molecule has 3 nitrogen and oxygen atoms in total. The van der Waals surface area contributed by atoms with Crippen molar-refractivity contribution >= 4 is 21.6 Å². The molecule has 0 fully saturated rings. The van der Waals surface area contributed by atoms with E-state index >= 15 is 0 Å². The van der Waals surface area contributed by atoms with Crippen LogP contribution < -0.4 is 10.5 Å². The molecule has 0 aliphatic heterocycles. The SMILES string of the molecule is N#Cc1cc(Br)c(N)c(OC(F)(F)F)c1. The highest BCUT2D eigenvalue weighted by atomic mass is 79.9. The second kappa shape index (κ2) is 3.98. The molecule has 0 aliphatic carbocycles. The van der Waals surface area contributed by atoms with Crippen LogP contribution in [0.4, 0.5) is 18.9 Å². The van der Waals surface area contributed by atoms with Crippen LogP contribution in [0.5, 0.6) is 5.75 Å². The van der Waals surface area contributed by atoms with Crippen LogP contribution in [0.3, 0.4) is 0 Å². The van der Waals surface area contributed by atoms with E-state index in [9.17, 15) is 13.2 Å². The Balaban J connectivity index is 3.18. The van der Waals surface area contributed by atoms with E-state index in [-0.39, 0.29) is 15.7 Å². The zero-order valence-electron chi connectivity index (χ0n) is 7.10. The average Bonchev–Trinajstić information content (AvgIpc) is 2.10. The van der Waals surface area contributed by atoms with Crippen molar-refractivity contribution < 1.29 is 17.9 Å². The number of nitrogen functional groups attached to an aromatic ring is 1. The van der Waals surface area contributed by atoms with Gasteiger partial charge in [-0.2, -0.15) is 5.26 Å². The molecule has 0 amide bonds. The summed E-state index contributed by atoms with van der Waals surface area (Å²) in [5, 5.41) is 8.53. The fraction of sp³-hybridized carbons (Fsp3) is 0.125. The van der Waals surface area contributed by atoms with Gasteiger partial charge in [0.15, 0.2) is 5.75 Å². The van der Waals surface area contributed by atoms with Crippen molar-refractivity contribution in [2.24, 2.45) is 0 Å². The predicted molar refractivity (Wildman–Crippen MR) is 50.0 cm³/mol. The van der Waals surface area contributed by atoms with Crippen molar-refractivity contribution in [1.29, 1.82) is 5.26 Å². The molecule has 0 spiro atoms. The van der Waals surface area contributed by atoms with Gasteiger partial charge < -0.3 is 10.5 Å². The van der Waals surface area contributed by atoms with E-state index in [2.05, 4.69) is 20.7 Å². The van der Waals surface area contributed by atoms with Gasteiger partial charge in [-0.15, -0.1) is 13.2 Å². The van der Waals surface area contributed by atoms with E-state index in [1.807, 2.05) is 0 Å². The Bertz CT molecular complexity index is 425. The fourth-order valence-electron chi connectivity index (χ4n) is 0.866.